The Hall–Kier alpha value is -1.95. The summed E-state index contributed by atoms with van der Waals surface area (Å²) in [5, 5.41) is 10.3. The fraction of sp³-hybridized carbons (Fsp3) is 0.333. The third kappa shape index (κ3) is 2.58. The van der Waals surface area contributed by atoms with Gasteiger partial charge in [-0.25, -0.2) is 0 Å². The fourth-order valence-electron chi connectivity index (χ4n) is 2.07. The first-order chi connectivity index (χ1) is 8.90. The largest absolute Gasteiger partial charge is 0.311 e. The molecule has 0 N–H and O–H groups in total. The third-order valence-electron chi connectivity index (χ3n) is 3.15. The molecule has 0 aromatic heterocycles. The van der Waals surface area contributed by atoms with Gasteiger partial charge in [-0.1, -0.05) is 6.07 Å². The highest BCUT2D eigenvalue weighted by molar-refractivity contribution is 6.64. The summed E-state index contributed by atoms with van der Waals surface area (Å²) >= 11 is 5.38. The molecule has 2 rings (SSSR count). The molecule has 1 amide bonds. The number of carbonyl (C=O) groups excluding carboxylic acids is 2. The molecule has 1 aliphatic heterocycles. The topological polar surface area (TPSA) is 80.5 Å². The van der Waals surface area contributed by atoms with Gasteiger partial charge < -0.3 is 4.90 Å². The third-order valence-corrected chi connectivity index (χ3v) is 3.46. The van der Waals surface area contributed by atoms with Crippen molar-refractivity contribution in [1.82, 2.24) is 0 Å². The van der Waals surface area contributed by atoms with E-state index in [1.54, 1.807) is 19.1 Å². The van der Waals surface area contributed by atoms with Crippen LogP contribution in [0.15, 0.2) is 18.2 Å². The lowest BCUT2D eigenvalue weighted by Gasteiger charge is -2.16. The Labute approximate surface area is 114 Å². The van der Waals surface area contributed by atoms with E-state index in [4.69, 9.17) is 11.6 Å². The average Bonchev–Trinajstić information content (AvgIpc) is 2.72. The van der Waals surface area contributed by atoms with Crippen LogP contribution in [0.25, 0.3) is 0 Å². The van der Waals surface area contributed by atoms with Gasteiger partial charge in [0.1, 0.15) is 0 Å². The van der Waals surface area contributed by atoms with Crippen molar-refractivity contribution in [1.29, 1.82) is 0 Å². The Morgan fingerprint density at radius 2 is 2.21 bits per heavy atom. The standard InChI is InChI=1S/C12H11ClN2O4/c1-7-2-3-9(5-10(7)15(18)19)14-6-8(12(13)17)4-11(14)16/h2-3,5,8H,4,6H2,1H3/t8-/m0/s1. The number of aryl methyl sites for hydroxylation is 1. The van der Waals surface area contributed by atoms with Crippen molar-refractivity contribution >= 4 is 34.1 Å². The number of nitro groups is 1. The second kappa shape index (κ2) is 4.97. The highest BCUT2D eigenvalue weighted by Gasteiger charge is 2.34. The second-order valence-corrected chi connectivity index (χ2v) is 4.81. The number of hydrogen-bond donors (Lipinski definition) is 0. The van der Waals surface area contributed by atoms with Crippen LogP contribution >= 0.6 is 11.6 Å². The lowest BCUT2D eigenvalue weighted by molar-refractivity contribution is -0.385. The van der Waals surface area contributed by atoms with Crippen LogP contribution in [0.2, 0.25) is 0 Å². The monoisotopic (exact) mass is 282 g/mol. The van der Waals surface area contributed by atoms with Crippen molar-refractivity contribution in [2.24, 2.45) is 5.92 Å². The molecule has 0 unspecified atom stereocenters. The van der Waals surface area contributed by atoms with Crippen LogP contribution < -0.4 is 4.90 Å². The summed E-state index contributed by atoms with van der Waals surface area (Å²) in [6.45, 7) is 1.79. The Bertz CT molecular complexity index is 573. The van der Waals surface area contributed by atoms with Crippen molar-refractivity contribution < 1.29 is 14.5 Å². The number of carbonyl (C=O) groups is 2. The molecule has 1 fully saturated rings. The van der Waals surface area contributed by atoms with Gasteiger partial charge in [0, 0.05) is 24.6 Å². The van der Waals surface area contributed by atoms with Gasteiger partial charge >= 0.3 is 0 Å². The van der Waals surface area contributed by atoms with Gasteiger partial charge in [-0.2, -0.15) is 0 Å². The number of nitrogens with zero attached hydrogens (tertiary/aromatic N) is 2. The van der Waals surface area contributed by atoms with Gasteiger partial charge in [-0.05, 0) is 24.6 Å². The van der Waals surface area contributed by atoms with E-state index in [0.717, 1.165) is 0 Å². The molecule has 0 spiro atoms. The van der Waals surface area contributed by atoms with Crippen LogP contribution in [0.3, 0.4) is 0 Å². The predicted octanol–water partition coefficient (Wildman–Crippen LogP) is 2.02. The fourth-order valence-corrected chi connectivity index (χ4v) is 2.22. The van der Waals surface area contributed by atoms with E-state index in [2.05, 4.69) is 0 Å². The molecule has 19 heavy (non-hydrogen) atoms. The van der Waals surface area contributed by atoms with Crippen molar-refractivity contribution in [2.45, 2.75) is 13.3 Å². The summed E-state index contributed by atoms with van der Waals surface area (Å²) in [7, 11) is 0. The molecule has 0 bridgehead atoms. The van der Waals surface area contributed by atoms with Gasteiger partial charge in [0.25, 0.3) is 5.69 Å². The van der Waals surface area contributed by atoms with Crippen LogP contribution in [0, 0.1) is 23.0 Å². The van der Waals surface area contributed by atoms with E-state index in [1.807, 2.05) is 0 Å². The zero-order chi connectivity index (χ0) is 14.2. The number of hydrogen-bond acceptors (Lipinski definition) is 4. The minimum Gasteiger partial charge on any atom is -0.311 e. The smallest absolute Gasteiger partial charge is 0.274 e. The first-order valence-corrected chi connectivity index (χ1v) is 6.02. The quantitative estimate of drug-likeness (QED) is 0.482. The van der Waals surface area contributed by atoms with E-state index >= 15 is 0 Å². The number of rotatable bonds is 3. The Morgan fingerprint density at radius 3 is 2.74 bits per heavy atom. The number of amides is 1. The molecule has 0 saturated carbocycles. The minimum atomic E-state index is -0.558. The Kier molecular flexibility index (Phi) is 3.53. The molecule has 1 aromatic rings. The van der Waals surface area contributed by atoms with Crippen molar-refractivity contribution in [3.8, 4) is 0 Å². The summed E-state index contributed by atoms with van der Waals surface area (Å²) in [6.07, 6.45) is 0.0456. The molecular weight excluding hydrogens is 272 g/mol. The van der Waals surface area contributed by atoms with E-state index < -0.39 is 16.1 Å². The molecule has 1 saturated heterocycles. The molecular formula is C12H11ClN2O4. The van der Waals surface area contributed by atoms with Gasteiger partial charge in [0.05, 0.1) is 16.5 Å². The van der Waals surface area contributed by atoms with Crippen molar-refractivity contribution in [2.75, 3.05) is 11.4 Å². The minimum absolute atomic E-state index is 0.0456. The van der Waals surface area contributed by atoms with Crippen molar-refractivity contribution in [3.63, 3.8) is 0 Å². The summed E-state index contributed by atoms with van der Waals surface area (Å²) < 4.78 is 0. The van der Waals surface area contributed by atoms with E-state index in [-0.39, 0.29) is 24.6 Å². The molecule has 1 heterocycles. The Balaban J connectivity index is 2.33. The molecule has 1 aromatic carbocycles. The number of anilines is 1. The van der Waals surface area contributed by atoms with E-state index in [9.17, 15) is 19.7 Å². The van der Waals surface area contributed by atoms with Crippen LogP contribution in [0.5, 0.6) is 0 Å². The van der Waals surface area contributed by atoms with E-state index in [0.29, 0.717) is 11.3 Å². The molecule has 1 aliphatic rings. The SMILES string of the molecule is Cc1ccc(N2C[C@@H](C(=O)Cl)CC2=O)cc1[N+](=O)[O-]. The second-order valence-electron chi connectivity index (χ2n) is 4.44. The molecule has 1 atom stereocenters. The lowest BCUT2D eigenvalue weighted by atomic mass is 10.1. The van der Waals surface area contributed by atoms with Crippen LogP contribution in [-0.2, 0) is 9.59 Å². The summed E-state index contributed by atoms with van der Waals surface area (Å²) in [5.74, 6) is -0.799. The molecule has 6 nitrogen and oxygen atoms in total. The van der Waals surface area contributed by atoms with Gasteiger partial charge in [0.15, 0.2) is 0 Å². The highest BCUT2D eigenvalue weighted by Crippen LogP contribution is 2.30. The summed E-state index contributed by atoms with van der Waals surface area (Å²) in [6, 6.07) is 4.55. The maximum absolute atomic E-state index is 11.8. The van der Waals surface area contributed by atoms with Crippen LogP contribution in [-0.4, -0.2) is 22.6 Å². The zero-order valence-electron chi connectivity index (χ0n) is 10.1. The number of benzene rings is 1. The van der Waals surface area contributed by atoms with Crippen molar-refractivity contribution in [3.05, 3.63) is 33.9 Å². The highest BCUT2D eigenvalue weighted by atomic mass is 35.5. The molecule has 100 valence electrons. The first-order valence-electron chi connectivity index (χ1n) is 5.65. The maximum Gasteiger partial charge on any atom is 0.274 e. The Morgan fingerprint density at radius 1 is 1.53 bits per heavy atom. The normalized spacial score (nSPS) is 18.7. The average molecular weight is 283 g/mol. The zero-order valence-corrected chi connectivity index (χ0v) is 10.9. The predicted molar refractivity (Wildman–Crippen MR) is 69.2 cm³/mol. The van der Waals surface area contributed by atoms with Gasteiger partial charge in [0.2, 0.25) is 11.1 Å². The first kappa shape index (κ1) is 13.5. The number of halogens is 1. The van der Waals surface area contributed by atoms with Crippen LogP contribution in [0.1, 0.15) is 12.0 Å². The molecule has 0 radical (unpaired) electrons. The van der Waals surface area contributed by atoms with Gasteiger partial charge in [-0.3, -0.25) is 19.7 Å². The lowest BCUT2D eigenvalue weighted by Crippen LogP contribution is -2.25. The maximum atomic E-state index is 11.8. The summed E-state index contributed by atoms with van der Waals surface area (Å²) in [4.78, 5) is 34.6. The molecule has 0 aliphatic carbocycles. The van der Waals surface area contributed by atoms with Gasteiger partial charge in [-0.15, -0.1) is 0 Å². The summed E-state index contributed by atoms with van der Waals surface area (Å²) in [5.41, 5.74) is 0.888. The molecule has 7 heteroatoms. The number of nitro benzene ring substituents is 1. The van der Waals surface area contributed by atoms with Crippen LogP contribution in [0.4, 0.5) is 11.4 Å². The van der Waals surface area contributed by atoms with E-state index in [1.165, 1.54) is 11.0 Å².